The van der Waals surface area contributed by atoms with Gasteiger partial charge in [-0.1, -0.05) is 6.07 Å². The minimum atomic E-state index is -0.327. The molecule has 0 fully saturated rings. The molecule has 1 heterocycles. The molecule has 0 radical (unpaired) electrons. The van der Waals surface area contributed by atoms with Crippen molar-refractivity contribution in [2.45, 2.75) is 6.92 Å². The van der Waals surface area contributed by atoms with Gasteiger partial charge >= 0.3 is 6.03 Å². The number of aromatic nitrogens is 2. The Balaban J connectivity index is 1.71. The molecule has 1 aromatic carbocycles. The first kappa shape index (κ1) is 15.3. The minimum Gasteiger partial charge on any atom is -0.367 e. The van der Waals surface area contributed by atoms with Crippen LogP contribution in [0, 0.1) is 18.3 Å². The van der Waals surface area contributed by atoms with E-state index in [0.29, 0.717) is 30.2 Å². The number of amides is 2. The second-order valence-corrected chi connectivity index (χ2v) is 4.56. The maximum absolute atomic E-state index is 11.7. The molecule has 0 unspecified atom stereocenters. The highest BCUT2D eigenvalue weighted by Gasteiger charge is 2.02. The van der Waals surface area contributed by atoms with Crippen molar-refractivity contribution in [1.82, 2.24) is 15.5 Å². The highest BCUT2D eigenvalue weighted by Crippen LogP contribution is 2.09. The summed E-state index contributed by atoms with van der Waals surface area (Å²) in [4.78, 5) is 11.7. The average molecular weight is 296 g/mol. The van der Waals surface area contributed by atoms with Crippen molar-refractivity contribution in [3.63, 3.8) is 0 Å². The molecular formula is C15H16N6O. The van der Waals surface area contributed by atoms with E-state index in [4.69, 9.17) is 5.26 Å². The van der Waals surface area contributed by atoms with E-state index in [2.05, 4.69) is 26.1 Å². The predicted molar refractivity (Wildman–Crippen MR) is 83.4 cm³/mol. The Labute approximate surface area is 128 Å². The third kappa shape index (κ3) is 4.76. The molecule has 2 aromatic rings. The van der Waals surface area contributed by atoms with Gasteiger partial charge in [0, 0.05) is 18.8 Å². The summed E-state index contributed by atoms with van der Waals surface area (Å²) in [6, 6.07) is 12.1. The van der Waals surface area contributed by atoms with Crippen molar-refractivity contribution in [2.24, 2.45) is 0 Å². The third-order valence-electron chi connectivity index (χ3n) is 2.76. The Morgan fingerprint density at radius 1 is 1.23 bits per heavy atom. The molecule has 3 N–H and O–H groups in total. The van der Waals surface area contributed by atoms with Crippen LogP contribution in [0.2, 0.25) is 0 Å². The summed E-state index contributed by atoms with van der Waals surface area (Å²) in [6.07, 6.45) is 0. The highest BCUT2D eigenvalue weighted by molar-refractivity contribution is 5.89. The Morgan fingerprint density at radius 3 is 2.82 bits per heavy atom. The number of nitriles is 1. The lowest BCUT2D eigenvalue weighted by Crippen LogP contribution is -2.32. The fourth-order valence-corrected chi connectivity index (χ4v) is 1.70. The van der Waals surface area contributed by atoms with Crippen LogP contribution in [0.15, 0.2) is 36.4 Å². The van der Waals surface area contributed by atoms with E-state index in [-0.39, 0.29) is 6.03 Å². The highest BCUT2D eigenvalue weighted by atomic mass is 16.2. The molecule has 0 bridgehead atoms. The molecule has 0 aliphatic carbocycles. The van der Waals surface area contributed by atoms with Crippen LogP contribution < -0.4 is 16.0 Å². The first-order valence-electron chi connectivity index (χ1n) is 6.76. The normalized spacial score (nSPS) is 9.64. The largest absolute Gasteiger partial charge is 0.367 e. The summed E-state index contributed by atoms with van der Waals surface area (Å²) in [5.74, 6) is 0.662. The number of carbonyl (C=O) groups excluding carboxylic acids is 1. The second kappa shape index (κ2) is 7.59. The van der Waals surface area contributed by atoms with E-state index in [1.165, 1.54) is 0 Å². The van der Waals surface area contributed by atoms with Crippen molar-refractivity contribution in [3.05, 3.63) is 47.7 Å². The minimum absolute atomic E-state index is 0.327. The molecule has 2 amide bonds. The van der Waals surface area contributed by atoms with E-state index < -0.39 is 0 Å². The van der Waals surface area contributed by atoms with Gasteiger partial charge in [-0.05, 0) is 37.3 Å². The number of aryl methyl sites for hydroxylation is 1. The van der Waals surface area contributed by atoms with Crippen LogP contribution in [0.1, 0.15) is 11.3 Å². The molecule has 0 atom stereocenters. The first-order chi connectivity index (χ1) is 10.7. The average Bonchev–Trinajstić information content (AvgIpc) is 2.53. The van der Waals surface area contributed by atoms with Crippen molar-refractivity contribution in [1.29, 1.82) is 5.26 Å². The van der Waals surface area contributed by atoms with Gasteiger partial charge in [0.05, 0.1) is 17.3 Å². The third-order valence-corrected chi connectivity index (χ3v) is 2.76. The van der Waals surface area contributed by atoms with Gasteiger partial charge in [-0.2, -0.15) is 10.4 Å². The maximum atomic E-state index is 11.7. The van der Waals surface area contributed by atoms with Crippen LogP contribution in [0.5, 0.6) is 0 Å². The lowest BCUT2D eigenvalue weighted by Gasteiger charge is -2.08. The van der Waals surface area contributed by atoms with Crippen LogP contribution in [0.4, 0.5) is 16.3 Å². The summed E-state index contributed by atoms with van der Waals surface area (Å²) in [6.45, 7) is 2.83. The number of hydrogen-bond acceptors (Lipinski definition) is 5. The van der Waals surface area contributed by atoms with Crippen molar-refractivity contribution in [2.75, 3.05) is 23.7 Å². The van der Waals surface area contributed by atoms with E-state index in [9.17, 15) is 4.79 Å². The van der Waals surface area contributed by atoms with Crippen molar-refractivity contribution < 1.29 is 4.79 Å². The Kier molecular flexibility index (Phi) is 5.26. The smallest absolute Gasteiger partial charge is 0.319 e. The SMILES string of the molecule is Cc1ccc(NCCNC(=O)Nc2cccc(C#N)c2)nn1. The Bertz CT molecular complexity index is 677. The van der Waals surface area contributed by atoms with Crippen LogP contribution in [0.25, 0.3) is 0 Å². The standard InChI is InChI=1S/C15H16N6O/c1-11-5-6-14(21-20-11)17-7-8-18-15(22)19-13-4-2-3-12(9-13)10-16/h2-6,9H,7-8H2,1H3,(H,17,21)(H2,18,19,22). The van der Waals surface area contributed by atoms with E-state index in [1.807, 2.05) is 25.1 Å². The monoisotopic (exact) mass is 296 g/mol. The molecule has 1 aromatic heterocycles. The number of benzene rings is 1. The lowest BCUT2D eigenvalue weighted by atomic mass is 10.2. The number of rotatable bonds is 5. The molecule has 0 aliphatic heterocycles. The Hall–Kier alpha value is -3.14. The van der Waals surface area contributed by atoms with Crippen LogP contribution in [0.3, 0.4) is 0 Å². The van der Waals surface area contributed by atoms with Gasteiger partial charge in [0.25, 0.3) is 0 Å². The summed E-state index contributed by atoms with van der Waals surface area (Å²) >= 11 is 0. The van der Waals surface area contributed by atoms with Gasteiger partial charge in [0.1, 0.15) is 5.82 Å². The topological polar surface area (TPSA) is 103 Å². The molecule has 0 saturated heterocycles. The number of nitrogens with one attached hydrogen (secondary N) is 3. The number of hydrogen-bond donors (Lipinski definition) is 3. The number of nitrogens with zero attached hydrogens (tertiary/aromatic N) is 3. The molecule has 112 valence electrons. The zero-order valence-electron chi connectivity index (χ0n) is 12.1. The lowest BCUT2D eigenvalue weighted by molar-refractivity contribution is 0.252. The van der Waals surface area contributed by atoms with E-state index in [0.717, 1.165) is 5.69 Å². The second-order valence-electron chi connectivity index (χ2n) is 4.56. The predicted octanol–water partition coefficient (Wildman–Crippen LogP) is 1.89. The van der Waals surface area contributed by atoms with Crippen molar-refractivity contribution in [3.8, 4) is 6.07 Å². The Morgan fingerprint density at radius 2 is 2.09 bits per heavy atom. The molecule has 0 aliphatic rings. The quantitative estimate of drug-likeness (QED) is 0.731. The van der Waals surface area contributed by atoms with Gasteiger partial charge < -0.3 is 16.0 Å². The van der Waals surface area contributed by atoms with Gasteiger partial charge in [0.2, 0.25) is 0 Å². The molecule has 2 rings (SSSR count). The zero-order valence-corrected chi connectivity index (χ0v) is 12.1. The zero-order chi connectivity index (χ0) is 15.8. The maximum Gasteiger partial charge on any atom is 0.319 e. The molecule has 0 spiro atoms. The fraction of sp³-hybridized carbons (Fsp3) is 0.200. The molecule has 7 nitrogen and oxygen atoms in total. The molecule has 7 heteroatoms. The van der Waals surface area contributed by atoms with E-state index >= 15 is 0 Å². The fourth-order valence-electron chi connectivity index (χ4n) is 1.70. The van der Waals surface area contributed by atoms with E-state index in [1.54, 1.807) is 24.3 Å². The van der Waals surface area contributed by atoms with Crippen LogP contribution >= 0.6 is 0 Å². The van der Waals surface area contributed by atoms with Crippen LogP contribution in [-0.2, 0) is 0 Å². The number of urea groups is 1. The molecule has 22 heavy (non-hydrogen) atoms. The number of carbonyl (C=O) groups is 1. The van der Waals surface area contributed by atoms with Gasteiger partial charge in [-0.3, -0.25) is 0 Å². The number of anilines is 2. The summed E-state index contributed by atoms with van der Waals surface area (Å²) in [5.41, 5.74) is 1.92. The molecular weight excluding hydrogens is 280 g/mol. The van der Waals surface area contributed by atoms with Crippen LogP contribution in [-0.4, -0.2) is 29.3 Å². The summed E-state index contributed by atoms with van der Waals surface area (Å²) in [5, 5.41) is 25.1. The van der Waals surface area contributed by atoms with Crippen molar-refractivity contribution >= 4 is 17.5 Å². The summed E-state index contributed by atoms with van der Waals surface area (Å²) in [7, 11) is 0. The van der Waals surface area contributed by atoms with Gasteiger partial charge in [0.15, 0.2) is 0 Å². The van der Waals surface area contributed by atoms with Gasteiger partial charge in [-0.15, -0.1) is 5.10 Å². The molecule has 0 saturated carbocycles. The van der Waals surface area contributed by atoms with Gasteiger partial charge in [-0.25, -0.2) is 4.79 Å². The summed E-state index contributed by atoms with van der Waals surface area (Å²) < 4.78 is 0. The first-order valence-corrected chi connectivity index (χ1v) is 6.76.